The lowest BCUT2D eigenvalue weighted by Crippen LogP contribution is -2.41. The van der Waals surface area contributed by atoms with Crippen molar-refractivity contribution in [3.8, 4) is 0 Å². The highest BCUT2D eigenvalue weighted by Crippen LogP contribution is 2.30. The van der Waals surface area contributed by atoms with Crippen molar-refractivity contribution in [3.63, 3.8) is 0 Å². The standard InChI is InChI=1S/C17H20N2O2S/c1-11(15-10-22-16-5-3-2-4-14(15)16)18-17(21)19-13-7-6-12(8-13)9-20/h2-7,10-13,20H,8-9H2,1H3,(H2,18,19,21)/t11-,12-,13+/m0/s1. The fourth-order valence-corrected chi connectivity index (χ4v) is 3.89. The minimum atomic E-state index is -0.170. The SMILES string of the molecule is C[C@H](NC(=O)N[C@@H]1C=C[C@H](CO)C1)c1csc2ccccc12. The normalized spacial score (nSPS) is 21.9. The van der Waals surface area contributed by atoms with Gasteiger partial charge in [0.2, 0.25) is 0 Å². The van der Waals surface area contributed by atoms with Crippen LogP contribution >= 0.6 is 11.3 Å². The van der Waals surface area contributed by atoms with Crippen LogP contribution in [0.1, 0.15) is 24.9 Å². The molecular weight excluding hydrogens is 296 g/mol. The van der Waals surface area contributed by atoms with E-state index in [1.807, 2.05) is 31.2 Å². The van der Waals surface area contributed by atoms with Crippen molar-refractivity contribution in [2.24, 2.45) is 5.92 Å². The second-order valence-corrected chi connectivity index (χ2v) is 6.61. The lowest BCUT2D eigenvalue weighted by atomic mass is 10.1. The molecule has 3 N–H and O–H groups in total. The van der Waals surface area contributed by atoms with Crippen LogP contribution in [-0.4, -0.2) is 23.8 Å². The molecule has 0 radical (unpaired) electrons. The van der Waals surface area contributed by atoms with Crippen LogP contribution in [0.4, 0.5) is 4.79 Å². The zero-order valence-corrected chi connectivity index (χ0v) is 13.3. The highest BCUT2D eigenvalue weighted by atomic mass is 32.1. The average molecular weight is 316 g/mol. The molecule has 1 heterocycles. The van der Waals surface area contributed by atoms with Gasteiger partial charge in [-0.05, 0) is 35.7 Å². The van der Waals surface area contributed by atoms with Gasteiger partial charge < -0.3 is 15.7 Å². The molecule has 2 aromatic rings. The number of aliphatic hydroxyl groups is 1. The maximum atomic E-state index is 12.1. The number of thiophene rings is 1. The van der Waals surface area contributed by atoms with E-state index in [0.717, 1.165) is 12.0 Å². The van der Waals surface area contributed by atoms with Gasteiger partial charge in [0.1, 0.15) is 0 Å². The second-order valence-electron chi connectivity index (χ2n) is 5.70. The quantitative estimate of drug-likeness (QED) is 0.759. The maximum Gasteiger partial charge on any atom is 0.315 e. The molecule has 0 unspecified atom stereocenters. The lowest BCUT2D eigenvalue weighted by Gasteiger charge is -2.17. The first-order chi connectivity index (χ1) is 10.7. The average Bonchev–Trinajstić information content (AvgIpc) is 3.13. The van der Waals surface area contributed by atoms with E-state index in [4.69, 9.17) is 5.11 Å². The molecule has 1 aliphatic rings. The molecule has 116 valence electrons. The smallest absolute Gasteiger partial charge is 0.315 e. The fraction of sp³-hybridized carbons (Fsp3) is 0.353. The third-order valence-electron chi connectivity index (χ3n) is 4.05. The third kappa shape index (κ3) is 3.15. The first-order valence-electron chi connectivity index (χ1n) is 7.49. The van der Waals surface area contributed by atoms with E-state index < -0.39 is 0 Å². The summed E-state index contributed by atoms with van der Waals surface area (Å²) < 4.78 is 1.23. The molecule has 4 nitrogen and oxygen atoms in total. The number of amides is 2. The van der Waals surface area contributed by atoms with E-state index in [2.05, 4.69) is 28.1 Å². The van der Waals surface area contributed by atoms with Crippen LogP contribution in [0.3, 0.4) is 0 Å². The molecule has 0 saturated heterocycles. The van der Waals surface area contributed by atoms with Crippen molar-refractivity contribution in [2.45, 2.75) is 25.4 Å². The summed E-state index contributed by atoms with van der Waals surface area (Å²) in [4.78, 5) is 12.1. The Balaban J connectivity index is 1.61. The predicted molar refractivity (Wildman–Crippen MR) is 90.0 cm³/mol. The summed E-state index contributed by atoms with van der Waals surface area (Å²) in [6.45, 7) is 2.13. The number of carbonyl (C=O) groups is 1. The molecular formula is C17H20N2O2S. The molecule has 2 amide bonds. The Morgan fingerprint density at radius 2 is 2.23 bits per heavy atom. The van der Waals surface area contributed by atoms with Crippen LogP contribution in [0.15, 0.2) is 41.8 Å². The monoisotopic (exact) mass is 316 g/mol. The molecule has 1 aromatic carbocycles. The van der Waals surface area contributed by atoms with Gasteiger partial charge in [-0.1, -0.05) is 30.4 Å². The largest absolute Gasteiger partial charge is 0.396 e. The molecule has 0 bridgehead atoms. The summed E-state index contributed by atoms with van der Waals surface area (Å²) >= 11 is 1.69. The number of hydrogen-bond acceptors (Lipinski definition) is 3. The molecule has 1 aromatic heterocycles. The highest BCUT2D eigenvalue weighted by molar-refractivity contribution is 7.17. The molecule has 1 aliphatic carbocycles. The summed E-state index contributed by atoms with van der Waals surface area (Å²) in [6, 6.07) is 8.01. The summed E-state index contributed by atoms with van der Waals surface area (Å²) in [5.41, 5.74) is 1.14. The van der Waals surface area contributed by atoms with Crippen LogP contribution in [0.5, 0.6) is 0 Å². The Morgan fingerprint density at radius 1 is 1.41 bits per heavy atom. The number of carbonyl (C=O) groups excluding carboxylic acids is 1. The van der Waals surface area contributed by atoms with Gasteiger partial charge in [0.15, 0.2) is 0 Å². The van der Waals surface area contributed by atoms with Gasteiger partial charge in [-0.3, -0.25) is 0 Å². The Labute approximate surface area is 133 Å². The number of aliphatic hydroxyl groups excluding tert-OH is 1. The second kappa shape index (κ2) is 6.50. The highest BCUT2D eigenvalue weighted by Gasteiger charge is 2.21. The topological polar surface area (TPSA) is 61.4 Å². The van der Waals surface area contributed by atoms with Crippen molar-refractivity contribution < 1.29 is 9.90 Å². The van der Waals surface area contributed by atoms with E-state index in [1.54, 1.807) is 11.3 Å². The van der Waals surface area contributed by atoms with E-state index in [1.165, 1.54) is 10.1 Å². The maximum absolute atomic E-state index is 12.1. The van der Waals surface area contributed by atoms with Crippen molar-refractivity contribution in [2.75, 3.05) is 6.61 Å². The zero-order chi connectivity index (χ0) is 15.5. The van der Waals surface area contributed by atoms with Crippen LogP contribution < -0.4 is 10.6 Å². The Hall–Kier alpha value is -1.85. The molecule has 22 heavy (non-hydrogen) atoms. The number of urea groups is 1. The first kappa shape index (κ1) is 15.1. The number of nitrogens with one attached hydrogen (secondary N) is 2. The molecule has 3 rings (SSSR count). The van der Waals surface area contributed by atoms with Crippen molar-refractivity contribution in [3.05, 3.63) is 47.4 Å². The molecule has 5 heteroatoms. The van der Waals surface area contributed by atoms with Gasteiger partial charge >= 0.3 is 6.03 Å². The molecule has 0 saturated carbocycles. The van der Waals surface area contributed by atoms with E-state index >= 15 is 0 Å². The molecule has 0 fully saturated rings. The van der Waals surface area contributed by atoms with Gasteiger partial charge in [0, 0.05) is 23.3 Å². The van der Waals surface area contributed by atoms with Crippen LogP contribution in [0.2, 0.25) is 0 Å². The van der Waals surface area contributed by atoms with Gasteiger partial charge in [-0.25, -0.2) is 4.79 Å². The van der Waals surface area contributed by atoms with Gasteiger partial charge in [0.25, 0.3) is 0 Å². The van der Waals surface area contributed by atoms with Gasteiger partial charge in [0.05, 0.1) is 6.04 Å². The van der Waals surface area contributed by atoms with Crippen LogP contribution in [0, 0.1) is 5.92 Å². The summed E-state index contributed by atoms with van der Waals surface area (Å²) in [6.07, 6.45) is 4.67. The van der Waals surface area contributed by atoms with E-state index in [0.29, 0.717) is 0 Å². The molecule has 3 atom stereocenters. The fourth-order valence-electron chi connectivity index (χ4n) is 2.84. The zero-order valence-electron chi connectivity index (χ0n) is 12.5. The summed E-state index contributed by atoms with van der Waals surface area (Å²) in [5.74, 6) is 0.156. The van der Waals surface area contributed by atoms with Crippen molar-refractivity contribution >= 4 is 27.5 Å². The van der Waals surface area contributed by atoms with Gasteiger partial charge in [-0.2, -0.15) is 0 Å². The number of hydrogen-bond donors (Lipinski definition) is 3. The Morgan fingerprint density at radius 3 is 3.00 bits per heavy atom. The lowest BCUT2D eigenvalue weighted by molar-refractivity contribution is 0.229. The Bertz CT molecular complexity index is 695. The summed E-state index contributed by atoms with van der Waals surface area (Å²) in [7, 11) is 0. The molecule has 0 spiro atoms. The predicted octanol–water partition coefficient (Wildman–Crippen LogP) is 3.20. The van der Waals surface area contributed by atoms with Crippen LogP contribution in [0.25, 0.3) is 10.1 Å². The van der Waals surface area contributed by atoms with E-state index in [9.17, 15) is 4.79 Å². The molecule has 0 aliphatic heterocycles. The minimum absolute atomic E-state index is 0.00330. The third-order valence-corrected chi connectivity index (χ3v) is 5.03. The van der Waals surface area contributed by atoms with Crippen molar-refractivity contribution in [1.82, 2.24) is 10.6 Å². The number of rotatable bonds is 4. The van der Waals surface area contributed by atoms with E-state index in [-0.39, 0.29) is 30.6 Å². The summed E-state index contributed by atoms with van der Waals surface area (Å²) in [5, 5.41) is 18.3. The number of fused-ring (bicyclic) bond motifs is 1. The first-order valence-corrected chi connectivity index (χ1v) is 8.37. The number of benzene rings is 1. The van der Waals surface area contributed by atoms with Gasteiger partial charge in [-0.15, -0.1) is 11.3 Å². The Kier molecular flexibility index (Phi) is 4.45. The minimum Gasteiger partial charge on any atom is -0.396 e. The van der Waals surface area contributed by atoms with Crippen molar-refractivity contribution in [1.29, 1.82) is 0 Å². The van der Waals surface area contributed by atoms with Crippen LogP contribution in [-0.2, 0) is 0 Å².